The molecule has 1 aliphatic rings. The summed E-state index contributed by atoms with van der Waals surface area (Å²) < 4.78 is 5.36. The predicted molar refractivity (Wildman–Crippen MR) is 139 cm³/mol. The molecule has 8 heteroatoms. The average molecular weight is 484 g/mol. The number of nitrogens with two attached hydrogens (primary N) is 1. The van der Waals surface area contributed by atoms with Gasteiger partial charge in [0.15, 0.2) is 0 Å². The number of benzene rings is 3. The van der Waals surface area contributed by atoms with Crippen molar-refractivity contribution in [3.63, 3.8) is 0 Å². The van der Waals surface area contributed by atoms with Crippen molar-refractivity contribution in [1.82, 2.24) is 15.3 Å². The van der Waals surface area contributed by atoms with E-state index >= 15 is 0 Å². The molecule has 0 saturated carbocycles. The highest BCUT2D eigenvalue weighted by Crippen LogP contribution is 2.15. The van der Waals surface area contributed by atoms with Crippen LogP contribution in [-0.2, 0) is 11.3 Å². The Morgan fingerprint density at radius 1 is 0.889 bits per heavy atom. The number of amides is 1. The first-order valence-electron chi connectivity index (χ1n) is 11.7. The number of hydrogen-bond acceptors (Lipinski definition) is 6. The quantitative estimate of drug-likeness (QED) is 0.149. The lowest BCUT2D eigenvalue weighted by molar-refractivity contribution is -0.121. The first-order valence-corrected chi connectivity index (χ1v) is 11.7. The van der Waals surface area contributed by atoms with E-state index in [4.69, 9.17) is 15.9 Å². The molecule has 1 saturated heterocycles. The molecule has 4 rings (SSSR count). The van der Waals surface area contributed by atoms with E-state index in [1.165, 1.54) is 11.6 Å². The molecule has 1 fully saturated rings. The van der Waals surface area contributed by atoms with Gasteiger partial charge in [-0.15, -0.1) is 0 Å². The van der Waals surface area contributed by atoms with Crippen molar-refractivity contribution in [3.05, 3.63) is 107 Å². The van der Waals surface area contributed by atoms with Crippen LogP contribution < -0.4 is 15.9 Å². The summed E-state index contributed by atoms with van der Waals surface area (Å²) in [6.07, 6.45) is 3.19. The van der Waals surface area contributed by atoms with Gasteiger partial charge in [0.2, 0.25) is 0 Å². The third-order valence-electron chi connectivity index (χ3n) is 5.84. The fourth-order valence-corrected chi connectivity index (χ4v) is 3.82. The Morgan fingerprint density at radius 3 is 2.17 bits per heavy atom. The van der Waals surface area contributed by atoms with Crippen LogP contribution in [0, 0.1) is 5.41 Å². The van der Waals surface area contributed by atoms with E-state index in [0.717, 1.165) is 38.3 Å². The van der Waals surface area contributed by atoms with Crippen LogP contribution in [0.3, 0.4) is 0 Å². The number of ether oxygens (including phenoxy) is 1. The summed E-state index contributed by atoms with van der Waals surface area (Å²) in [6, 6.07) is 23.6. The molecule has 0 bridgehead atoms. The molecule has 36 heavy (non-hydrogen) atoms. The summed E-state index contributed by atoms with van der Waals surface area (Å²) in [5.74, 6) is -0.368. The molecule has 0 unspecified atom stereocenters. The lowest BCUT2D eigenvalue weighted by Crippen LogP contribution is -2.52. The number of carbonyl (C=O) groups excluding carboxylic acids is 2. The summed E-state index contributed by atoms with van der Waals surface area (Å²) in [5, 5.41) is 9.35. The van der Waals surface area contributed by atoms with Gasteiger partial charge in [0, 0.05) is 44.4 Å². The zero-order valence-corrected chi connectivity index (χ0v) is 19.9. The van der Waals surface area contributed by atoms with Crippen LogP contribution in [0.1, 0.15) is 27.0 Å². The highest BCUT2D eigenvalue weighted by atomic mass is 16.5. The Morgan fingerprint density at radius 2 is 1.53 bits per heavy atom. The van der Waals surface area contributed by atoms with Crippen LogP contribution >= 0.6 is 0 Å². The topological polar surface area (TPSA) is 112 Å². The third kappa shape index (κ3) is 7.11. The van der Waals surface area contributed by atoms with Gasteiger partial charge in [-0.05, 0) is 53.6 Å². The van der Waals surface area contributed by atoms with Crippen molar-refractivity contribution >= 4 is 23.8 Å². The molecule has 1 heterocycles. The van der Waals surface area contributed by atoms with Crippen LogP contribution in [0.5, 0.6) is 5.75 Å². The Bertz CT molecular complexity index is 1220. The highest BCUT2D eigenvalue weighted by Gasteiger charge is 2.17. The third-order valence-corrected chi connectivity index (χ3v) is 5.84. The smallest absolute Gasteiger partial charge is 0.343 e. The number of nitrogens with zero attached hydrogens (tertiary/aromatic N) is 2. The van der Waals surface area contributed by atoms with Crippen molar-refractivity contribution in [2.75, 3.05) is 26.2 Å². The molecule has 3 aromatic rings. The monoisotopic (exact) mass is 483 g/mol. The Labute approximate surface area is 210 Å². The Balaban J connectivity index is 1.22. The molecule has 4 N–H and O–H groups in total. The number of nitrogen functional groups attached to an aromatic ring is 1. The second kappa shape index (κ2) is 11.9. The number of carbonyl (C=O) groups is 2. The molecule has 1 aliphatic heterocycles. The largest absolute Gasteiger partial charge is 0.423 e. The first kappa shape index (κ1) is 24.8. The number of hydrazine groups is 1. The molecular weight excluding hydrogens is 454 g/mol. The zero-order valence-electron chi connectivity index (χ0n) is 19.9. The maximum Gasteiger partial charge on any atom is 0.343 e. The van der Waals surface area contributed by atoms with E-state index in [0.29, 0.717) is 16.9 Å². The van der Waals surface area contributed by atoms with Crippen LogP contribution in [-0.4, -0.2) is 53.8 Å². The van der Waals surface area contributed by atoms with Gasteiger partial charge in [0.05, 0.1) is 5.56 Å². The van der Waals surface area contributed by atoms with Crippen LogP contribution in [0.4, 0.5) is 0 Å². The lowest BCUT2D eigenvalue weighted by Gasteiger charge is -2.34. The van der Waals surface area contributed by atoms with Gasteiger partial charge in [-0.3, -0.25) is 20.5 Å². The lowest BCUT2D eigenvalue weighted by atomic mass is 10.1. The fraction of sp³-hybridized carbons (Fsp3) is 0.179. The number of rotatable bonds is 8. The van der Waals surface area contributed by atoms with Crippen molar-refractivity contribution in [1.29, 1.82) is 5.41 Å². The Hall–Kier alpha value is -4.27. The van der Waals surface area contributed by atoms with Gasteiger partial charge in [0.1, 0.15) is 11.6 Å². The van der Waals surface area contributed by atoms with Gasteiger partial charge in [0.25, 0.3) is 5.91 Å². The fourth-order valence-electron chi connectivity index (χ4n) is 3.82. The summed E-state index contributed by atoms with van der Waals surface area (Å²) in [6.45, 7) is 4.22. The minimum absolute atomic E-state index is 0.0494. The summed E-state index contributed by atoms with van der Waals surface area (Å²) in [7, 11) is 0. The van der Waals surface area contributed by atoms with E-state index in [1.807, 2.05) is 11.1 Å². The van der Waals surface area contributed by atoms with E-state index in [9.17, 15) is 9.59 Å². The van der Waals surface area contributed by atoms with Crippen LogP contribution in [0.2, 0.25) is 0 Å². The van der Waals surface area contributed by atoms with Crippen LogP contribution in [0.15, 0.2) is 84.9 Å². The maximum atomic E-state index is 12.4. The van der Waals surface area contributed by atoms with Gasteiger partial charge in [-0.1, -0.05) is 42.5 Å². The molecule has 3 aromatic carbocycles. The number of hydrogen-bond donors (Lipinski definition) is 3. The standard InChI is InChI=1S/C28H29N5O3/c29-27(30)23-11-13-25(14-12-23)36-28(35)24-9-6-21(7-10-24)8-15-26(34)31-33-18-16-32(17-19-33)20-22-4-2-1-3-5-22/h1-15H,16-20H2,(H3,29,30)(H,31,34)/b15-8+. The van der Waals surface area contributed by atoms with Crippen LogP contribution in [0.25, 0.3) is 6.08 Å². The number of nitrogens with one attached hydrogen (secondary N) is 2. The first-order chi connectivity index (χ1) is 17.5. The maximum absolute atomic E-state index is 12.4. The van der Waals surface area contributed by atoms with Crippen molar-refractivity contribution in [3.8, 4) is 5.75 Å². The number of piperazine rings is 1. The van der Waals surface area contributed by atoms with E-state index < -0.39 is 5.97 Å². The molecule has 8 nitrogen and oxygen atoms in total. The predicted octanol–water partition coefficient (Wildman–Crippen LogP) is 3.05. The highest BCUT2D eigenvalue weighted by molar-refractivity contribution is 5.95. The van der Waals surface area contributed by atoms with Gasteiger partial charge in [-0.25, -0.2) is 9.80 Å². The van der Waals surface area contributed by atoms with Crippen molar-refractivity contribution in [2.45, 2.75) is 6.54 Å². The number of esters is 1. The minimum Gasteiger partial charge on any atom is -0.423 e. The minimum atomic E-state index is -0.495. The average Bonchev–Trinajstić information content (AvgIpc) is 2.90. The van der Waals surface area contributed by atoms with E-state index in [2.05, 4.69) is 34.6 Å². The molecular formula is C28H29N5O3. The van der Waals surface area contributed by atoms with Gasteiger partial charge in [-0.2, -0.15) is 0 Å². The molecule has 0 radical (unpaired) electrons. The number of amidine groups is 1. The SMILES string of the molecule is N=C(N)c1ccc(OC(=O)c2ccc(/C=C/C(=O)NN3CCN(Cc4ccccc4)CC3)cc2)cc1. The van der Waals surface area contributed by atoms with Crippen molar-refractivity contribution < 1.29 is 14.3 Å². The molecule has 0 atom stereocenters. The normalized spacial score (nSPS) is 14.4. The molecule has 0 aliphatic carbocycles. The van der Waals surface area contributed by atoms with Gasteiger partial charge < -0.3 is 10.5 Å². The summed E-state index contributed by atoms with van der Waals surface area (Å²) in [4.78, 5) is 27.1. The summed E-state index contributed by atoms with van der Waals surface area (Å²) in [5.41, 5.74) is 11.4. The Kier molecular flexibility index (Phi) is 8.23. The second-order valence-electron chi connectivity index (χ2n) is 8.51. The van der Waals surface area contributed by atoms with E-state index in [1.54, 1.807) is 54.6 Å². The second-order valence-corrected chi connectivity index (χ2v) is 8.51. The summed E-state index contributed by atoms with van der Waals surface area (Å²) >= 11 is 0. The van der Waals surface area contributed by atoms with Gasteiger partial charge >= 0.3 is 5.97 Å². The van der Waals surface area contributed by atoms with E-state index in [-0.39, 0.29) is 11.7 Å². The van der Waals surface area contributed by atoms with Crippen molar-refractivity contribution in [2.24, 2.45) is 5.73 Å². The molecule has 0 aromatic heterocycles. The molecule has 1 amide bonds. The molecule has 0 spiro atoms. The molecule has 184 valence electrons. The zero-order chi connectivity index (χ0) is 25.3.